The molecule has 1 aliphatic carbocycles. The molecule has 3 rings (SSSR count). The third-order valence-electron chi connectivity index (χ3n) is 5.30. The molecule has 0 unspecified atom stereocenters. The van der Waals surface area contributed by atoms with Crippen LogP contribution in [-0.2, 0) is 9.31 Å². The van der Waals surface area contributed by atoms with Crippen molar-refractivity contribution in [2.45, 2.75) is 64.1 Å². The fourth-order valence-electron chi connectivity index (χ4n) is 2.79. The van der Waals surface area contributed by atoms with Crippen LogP contribution in [0.2, 0.25) is 0 Å². The van der Waals surface area contributed by atoms with Crippen LogP contribution in [0, 0.1) is 0 Å². The molecule has 0 spiro atoms. The van der Waals surface area contributed by atoms with Gasteiger partial charge in [0.25, 0.3) is 0 Å². The third-order valence-corrected chi connectivity index (χ3v) is 5.30. The van der Waals surface area contributed by atoms with Gasteiger partial charge in [0.15, 0.2) is 0 Å². The Morgan fingerprint density at radius 2 is 1.64 bits per heavy atom. The summed E-state index contributed by atoms with van der Waals surface area (Å²) in [6.45, 7) is 7.70. The minimum Gasteiger partial charge on any atom is -0.398 e. The van der Waals surface area contributed by atoms with E-state index in [9.17, 15) is 4.39 Å². The number of hydrogen-bond donors (Lipinski definition) is 0. The highest BCUT2D eigenvalue weighted by Crippen LogP contribution is 2.39. The molecule has 22 heavy (non-hydrogen) atoms. The molecule has 1 aliphatic heterocycles. The van der Waals surface area contributed by atoms with Gasteiger partial charge in [0.05, 0.1) is 11.2 Å². The van der Waals surface area contributed by atoms with Crippen molar-refractivity contribution in [3.05, 3.63) is 41.1 Å². The minimum atomic E-state index is -0.920. The number of hydrogen-bond acceptors (Lipinski definition) is 2. The van der Waals surface area contributed by atoms with Crippen LogP contribution in [0.25, 0.3) is 6.08 Å². The standard InChI is InChI=1S/C18H24BFO2/c1-17(2)18(3,4)22-19(21-17)16(20)12-13-8-10-15(11-9-13)14-6-5-7-14/h8-12,14H,5-7H2,1-4H3. The number of rotatable bonds is 3. The van der Waals surface area contributed by atoms with Crippen molar-refractivity contribution >= 4 is 13.2 Å². The highest BCUT2D eigenvalue weighted by molar-refractivity contribution is 6.54. The molecular formula is C18H24BFO2. The van der Waals surface area contributed by atoms with Crippen LogP contribution < -0.4 is 0 Å². The predicted molar refractivity (Wildman–Crippen MR) is 88.2 cm³/mol. The first-order valence-corrected chi connectivity index (χ1v) is 8.11. The first-order valence-electron chi connectivity index (χ1n) is 8.11. The molecule has 1 heterocycles. The molecule has 0 radical (unpaired) electrons. The number of halogens is 1. The minimum absolute atomic E-state index is 0.380. The van der Waals surface area contributed by atoms with E-state index in [1.807, 2.05) is 39.8 Å². The van der Waals surface area contributed by atoms with Crippen molar-refractivity contribution in [1.29, 1.82) is 0 Å². The Morgan fingerprint density at radius 3 is 2.09 bits per heavy atom. The molecule has 2 aliphatic rings. The predicted octanol–water partition coefficient (Wildman–Crippen LogP) is 4.90. The zero-order chi connectivity index (χ0) is 16.0. The van der Waals surface area contributed by atoms with E-state index in [1.165, 1.54) is 30.9 Å². The summed E-state index contributed by atoms with van der Waals surface area (Å²) in [5.74, 6) is 0.700. The Balaban J connectivity index is 1.72. The van der Waals surface area contributed by atoms with E-state index in [0.717, 1.165) is 5.56 Å². The van der Waals surface area contributed by atoms with E-state index in [-0.39, 0.29) is 5.73 Å². The zero-order valence-corrected chi connectivity index (χ0v) is 13.9. The lowest BCUT2D eigenvalue weighted by atomic mass is 9.80. The molecule has 1 aromatic carbocycles. The Bertz CT molecular complexity index is 557. The van der Waals surface area contributed by atoms with Gasteiger partial charge in [-0.3, -0.25) is 0 Å². The van der Waals surface area contributed by atoms with E-state index in [4.69, 9.17) is 9.31 Å². The second kappa shape index (κ2) is 5.50. The van der Waals surface area contributed by atoms with Crippen molar-refractivity contribution in [1.82, 2.24) is 0 Å². The summed E-state index contributed by atoms with van der Waals surface area (Å²) in [4.78, 5) is 0. The molecular weight excluding hydrogens is 278 g/mol. The molecule has 1 aromatic rings. The van der Waals surface area contributed by atoms with Crippen LogP contribution in [-0.4, -0.2) is 18.3 Å². The van der Waals surface area contributed by atoms with Gasteiger partial charge in [0, 0.05) is 0 Å². The molecule has 118 valence electrons. The Morgan fingerprint density at radius 1 is 1.09 bits per heavy atom. The number of benzene rings is 1. The summed E-state index contributed by atoms with van der Waals surface area (Å²) in [6.07, 6.45) is 5.38. The summed E-state index contributed by atoms with van der Waals surface area (Å²) in [5.41, 5.74) is 0.790. The smallest absolute Gasteiger partial charge is 0.398 e. The van der Waals surface area contributed by atoms with Crippen molar-refractivity contribution in [3.8, 4) is 0 Å². The molecule has 0 amide bonds. The van der Waals surface area contributed by atoms with Gasteiger partial charge >= 0.3 is 7.12 Å². The highest BCUT2D eigenvalue weighted by atomic mass is 19.1. The van der Waals surface area contributed by atoms with Crippen LogP contribution in [0.15, 0.2) is 30.0 Å². The monoisotopic (exact) mass is 302 g/mol. The maximum atomic E-state index is 14.4. The fourth-order valence-corrected chi connectivity index (χ4v) is 2.79. The van der Waals surface area contributed by atoms with Gasteiger partial charge in [-0.1, -0.05) is 30.7 Å². The maximum absolute atomic E-state index is 14.4. The van der Waals surface area contributed by atoms with Gasteiger partial charge in [-0.15, -0.1) is 0 Å². The lowest BCUT2D eigenvalue weighted by Crippen LogP contribution is -2.41. The first-order chi connectivity index (χ1) is 10.3. The van der Waals surface area contributed by atoms with Crippen molar-refractivity contribution in [2.24, 2.45) is 0 Å². The van der Waals surface area contributed by atoms with Crippen molar-refractivity contribution in [3.63, 3.8) is 0 Å². The normalized spacial score (nSPS) is 24.4. The fraction of sp³-hybridized carbons (Fsp3) is 0.556. The molecule has 2 fully saturated rings. The lowest BCUT2D eigenvalue weighted by Gasteiger charge is -2.32. The maximum Gasteiger partial charge on any atom is 0.525 e. The van der Waals surface area contributed by atoms with E-state index >= 15 is 0 Å². The van der Waals surface area contributed by atoms with Crippen LogP contribution in [0.3, 0.4) is 0 Å². The van der Waals surface area contributed by atoms with Gasteiger partial charge < -0.3 is 9.31 Å². The van der Waals surface area contributed by atoms with E-state index in [1.54, 1.807) is 0 Å². The average molecular weight is 302 g/mol. The molecule has 1 saturated carbocycles. The molecule has 1 saturated heterocycles. The van der Waals surface area contributed by atoms with Crippen LogP contribution >= 0.6 is 0 Å². The van der Waals surface area contributed by atoms with Gasteiger partial charge in [0.2, 0.25) is 0 Å². The van der Waals surface area contributed by atoms with Crippen molar-refractivity contribution < 1.29 is 13.7 Å². The van der Waals surface area contributed by atoms with Gasteiger partial charge in [-0.2, -0.15) is 0 Å². The second-order valence-electron chi connectivity index (χ2n) is 7.41. The summed E-state index contributed by atoms with van der Waals surface area (Å²) >= 11 is 0. The van der Waals surface area contributed by atoms with Crippen LogP contribution in [0.5, 0.6) is 0 Å². The topological polar surface area (TPSA) is 18.5 Å². The highest BCUT2D eigenvalue weighted by Gasteiger charge is 2.53. The molecule has 4 heteroatoms. The lowest BCUT2D eigenvalue weighted by molar-refractivity contribution is 0.00578. The summed E-state index contributed by atoms with van der Waals surface area (Å²) in [7, 11) is -0.920. The first kappa shape index (κ1) is 15.8. The van der Waals surface area contributed by atoms with Crippen molar-refractivity contribution in [2.75, 3.05) is 0 Å². The average Bonchev–Trinajstić information content (AvgIpc) is 2.59. The van der Waals surface area contributed by atoms with E-state index in [2.05, 4.69) is 12.1 Å². The van der Waals surface area contributed by atoms with E-state index < -0.39 is 18.3 Å². The van der Waals surface area contributed by atoms with Gasteiger partial charge in [-0.05, 0) is 63.7 Å². The molecule has 0 atom stereocenters. The van der Waals surface area contributed by atoms with Gasteiger partial charge in [-0.25, -0.2) is 4.39 Å². The zero-order valence-electron chi connectivity index (χ0n) is 13.9. The Labute approximate surface area is 132 Å². The summed E-state index contributed by atoms with van der Waals surface area (Å²) in [5, 5.41) is 0. The quantitative estimate of drug-likeness (QED) is 0.740. The van der Waals surface area contributed by atoms with Gasteiger partial charge in [0.1, 0.15) is 5.73 Å². The molecule has 2 nitrogen and oxygen atoms in total. The third kappa shape index (κ3) is 2.87. The second-order valence-corrected chi connectivity index (χ2v) is 7.41. The largest absolute Gasteiger partial charge is 0.525 e. The molecule has 0 aromatic heterocycles. The van der Waals surface area contributed by atoms with E-state index in [0.29, 0.717) is 5.92 Å². The Kier molecular flexibility index (Phi) is 3.94. The SMILES string of the molecule is CC1(C)OB(C(F)=Cc2ccc(C3CCC3)cc2)OC1(C)C. The summed E-state index contributed by atoms with van der Waals surface area (Å²) in [6, 6.07) is 8.15. The molecule has 0 N–H and O–H groups in total. The van der Waals surface area contributed by atoms with Crippen LogP contribution in [0.1, 0.15) is 64.0 Å². The molecule has 0 bridgehead atoms. The van der Waals surface area contributed by atoms with Crippen LogP contribution in [0.4, 0.5) is 4.39 Å². The Hall–Kier alpha value is -1.13. The summed E-state index contributed by atoms with van der Waals surface area (Å²) < 4.78 is 25.9.